The molecule has 1 heterocycles. The summed E-state index contributed by atoms with van der Waals surface area (Å²) in [4.78, 5) is 15.9. The number of hydrogen-bond acceptors (Lipinski definition) is 3. The van der Waals surface area contributed by atoms with Gasteiger partial charge in [-0.05, 0) is 19.1 Å². The Bertz CT molecular complexity index is 500. The van der Waals surface area contributed by atoms with Crippen LogP contribution in [0.25, 0.3) is 0 Å². The van der Waals surface area contributed by atoms with E-state index in [9.17, 15) is 4.79 Å². The highest BCUT2D eigenvalue weighted by Crippen LogP contribution is 2.24. The van der Waals surface area contributed by atoms with E-state index in [2.05, 4.69) is 11.0 Å². The third-order valence-electron chi connectivity index (χ3n) is 3.84. The Balaban J connectivity index is 2.04. The van der Waals surface area contributed by atoms with Crippen LogP contribution in [0.1, 0.15) is 13.3 Å². The predicted octanol–water partition coefficient (Wildman–Crippen LogP) is 2.70. The Labute approximate surface area is 135 Å². The summed E-state index contributed by atoms with van der Waals surface area (Å²) >= 11 is 11.8. The van der Waals surface area contributed by atoms with E-state index in [1.807, 2.05) is 24.0 Å². The van der Waals surface area contributed by atoms with Crippen molar-refractivity contribution in [1.82, 2.24) is 9.80 Å². The molecule has 1 fully saturated rings. The Kier molecular flexibility index (Phi) is 5.59. The standard InChI is InChI=1S/C15H20Cl2N2O2/c1-11-10-18(7-8-19(11)15(20)9-16)12-3-5-13(17)14(21-2)6-4-12/h3-5,11H,6-10H2,1-2H3. The Morgan fingerprint density at radius 1 is 1.43 bits per heavy atom. The minimum atomic E-state index is 0.000542. The SMILES string of the molecule is COC1=C(Cl)C=CC(N2CCN(C(=O)CCl)C(C)C2)=CC1. The fraction of sp³-hybridized carbons (Fsp3) is 0.533. The lowest BCUT2D eigenvalue weighted by Crippen LogP contribution is -2.53. The lowest BCUT2D eigenvalue weighted by molar-refractivity contribution is -0.132. The van der Waals surface area contributed by atoms with Gasteiger partial charge in [-0.25, -0.2) is 0 Å². The third kappa shape index (κ3) is 3.74. The Morgan fingerprint density at radius 3 is 2.81 bits per heavy atom. The molecule has 116 valence electrons. The van der Waals surface area contributed by atoms with Crippen molar-refractivity contribution < 1.29 is 9.53 Å². The van der Waals surface area contributed by atoms with E-state index in [-0.39, 0.29) is 17.8 Å². The van der Waals surface area contributed by atoms with Crippen molar-refractivity contribution in [1.29, 1.82) is 0 Å². The highest BCUT2D eigenvalue weighted by atomic mass is 35.5. The average Bonchev–Trinajstić information content (AvgIpc) is 2.68. The second-order valence-corrected chi connectivity index (χ2v) is 5.83. The van der Waals surface area contributed by atoms with Gasteiger partial charge in [0.25, 0.3) is 0 Å². The highest BCUT2D eigenvalue weighted by molar-refractivity contribution is 6.31. The molecule has 0 N–H and O–H groups in total. The molecule has 1 amide bonds. The van der Waals surface area contributed by atoms with E-state index in [0.717, 1.165) is 24.5 Å². The van der Waals surface area contributed by atoms with Crippen molar-refractivity contribution in [2.24, 2.45) is 0 Å². The van der Waals surface area contributed by atoms with Crippen LogP contribution in [-0.4, -0.2) is 54.4 Å². The summed E-state index contributed by atoms with van der Waals surface area (Å²) in [5.74, 6) is 0.816. The predicted molar refractivity (Wildman–Crippen MR) is 85.2 cm³/mol. The van der Waals surface area contributed by atoms with Crippen LogP contribution in [0.15, 0.2) is 34.7 Å². The number of methoxy groups -OCH3 is 1. The fourth-order valence-electron chi connectivity index (χ4n) is 2.67. The maximum absolute atomic E-state index is 11.7. The van der Waals surface area contributed by atoms with Crippen LogP contribution in [0.2, 0.25) is 0 Å². The van der Waals surface area contributed by atoms with Crippen LogP contribution in [-0.2, 0) is 9.53 Å². The number of hydrogen-bond donors (Lipinski definition) is 0. The van der Waals surface area contributed by atoms with Gasteiger partial charge in [0.2, 0.25) is 5.91 Å². The van der Waals surface area contributed by atoms with E-state index in [1.165, 1.54) is 0 Å². The summed E-state index contributed by atoms with van der Waals surface area (Å²) < 4.78 is 5.27. The summed E-state index contributed by atoms with van der Waals surface area (Å²) in [5.41, 5.74) is 1.12. The van der Waals surface area contributed by atoms with Crippen LogP contribution in [0.5, 0.6) is 0 Å². The molecule has 1 unspecified atom stereocenters. The lowest BCUT2D eigenvalue weighted by Gasteiger charge is -2.41. The highest BCUT2D eigenvalue weighted by Gasteiger charge is 2.27. The summed E-state index contributed by atoms with van der Waals surface area (Å²) in [6.07, 6.45) is 6.64. The summed E-state index contributed by atoms with van der Waals surface area (Å²) in [6.45, 7) is 4.32. The van der Waals surface area contributed by atoms with Crippen molar-refractivity contribution in [3.05, 3.63) is 34.7 Å². The fourth-order valence-corrected chi connectivity index (χ4v) is 3.04. The van der Waals surface area contributed by atoms with Crippen molar-refractivity contribution in [2.75, 3.05) is 32.6 Å². The number of nitrogens with zero attached hydrogens (tertiary/aromatic N) is 2. The van der Waals surface area contributed by atoms with Gasteiger partial charge in [-0.1, -0.05) is 17.7 Å². The molecule has 4 nitrogen and oxygen atoms in total. The molecule has 0 radical (unpaired) electrons. The number of halogens is 2. The van der Waals surface area contributed by atoms with Gasteiger partial charge in [-0.2, -0.15) is 0 Å². The lowest BCUT2D eigenvalue weighted by atomic mass is 10.1. The monoisotopic (exact) mass is 330 g/mol. The van der Waals surface area contributed by atoms with Gasteiger partial charge in [0.15, 0.2) is 0 Å². The zero-order valence-corrected chi connectivity index (χ0v) is 13.8. The molecular formula is C15H20Cl2N2O2. The summed E-state index contributed by atoms with van der Waals surface area (Å²) in [5, 5.41) is 0.632. The molecule has 6 heteroatoms. The van der Waals surface area contributed by atoms with Gasteiger partial charge < -0.3 is 14.5 Å². The smallest absolute Gasteiger partial charge is 0.237 e. The number of amides is 1. The maximum Gasteiger partial charge on any atom is 0.237 e. The first-order chi connectivity index (χ1) is 10.1. The number of carbonyl (C=O) groups excluding carboxylic acids is 1. The molecular weight excluding hydrogens is 311 g/mol. The number of rotatable bonds is 3. The quantitative estimate of drug-likeness (QED) is 0.746. The number of alkyl halides is 1. The molecule has 0 saturated carbocycles. The number of piperazine rings is 1. The topological polar surface area (TPSA) is 32.8 Å². The van der Waals surface area contributed by atoms with Crippen LogP contribution in [0, 0.1) is 0 Å². The first-order valence-electron chi connectivity index (χ1n) is 6.98. The Morgan fingerprint density at radius 2 is 2.19 bits per heavy atom. The molecule has 0 aromatic rings. The number of ether oxygens (including phenoxy) is 1. The van der Waals surface area contributed by atoms with Crippen molar-refractivity contribution in [3.63, 3.8) is 0 Å². The zero-order valence-electron chi connectivity index (χ0n) is 12.3. The van der Waals surface area contributed by atoms with E-state index in [4.69, 9.17) is 27.9 Å². The molecule has 21 heavy (non-hydrogen) atoms. The van der Waals surface area contributed by atoms with Crippen LogP contribution in [0.4, 0.5) is 0 Å². The van der Waals surface area contributed by atoms with E-state index < -0.39 is 0 Å². The van der Waals surface area contributed by atoms with E-state index in [1.54, 1.807) is 7.11 Å². The van der Waals surface area contributed by atoms with Gasteiger partial charge in [-0.3, -0.25) is 4.79 Å². The average molecular weight is 331 g/mol. The summed E-state index contributed by atoms with van der Waals surface area (Å²) in [6, 6.07) is 0.146. The minimum absolute atomic E-state index is 0.000542. The molecule has 2 aliphatic rings. The second kappa shape index (κ2) is 7.23. The summed E-state index contributed by atoms with van der Waals surface area (Å²) in [7, 11) is 1.63. The molecule has 0 spiro atoms. The number of carbonyl (C=O) groups is 1. The number of allylic oxidation sites excluding steroid dienone is 4. The van der Waals surface area contributed by atoms with E-state index >= 15 is 0 Å². The molecule has 0 aromatic heterocycles. The third-order valence-corrected chi connectivity index (χ3v) is 4.40. The van der Waals surface area contributed by atoms with Gasteiger partial charge in [0.1, 0.15) is 11.6 Å². The molecule has 0 bridgehead atoms. The second-order valence-electron chi connectivity index (χ2n) is 5.16. The normalized spacial score (nSPS) is 23.0. The molecule has 0 aromatic carbocycles. The molecule has 1 aliphatic heterocycles. The zero-order chi connectivity index (χ0) is 15.4. The van der Waals surface area contributed by atoms with E-state index in [0.29, 0.717) is 18.0 Å². The van der Waals surface area contributed by atoms with Crippen LogP contribution in [0.3, 0.4) is 0 Å². The minimum Gasteiger partial charge on any atom is -0.499 e. The van der Waals surface area contributed by atoms with Crippen LogP contribution >= 0.6 is 23.2 Å². The van der Waals surface area contributed by atoms with Gasteiger partial charge >= 0.3 is 0 Å². The van der Waals surface area contributed by atoms with Gasteiger partial charge in [0, 0.05) is 37.8 Å². The maximum atomic E-state index is 11.7. The molecule has 2 rings (SSSR count). The van der Waals surface area contributed by atoms with Crippen molar-refractivity contribution >= 4 is 29.1 Å². The molecule has 1 atom stereocenters. The molecule has 1 saturated heterocycles. The largest absolute Gasteiger partial charge is 0.499 e. The van der Waals surface area contributed by atoms with Gasteiger partial charge in [0.05, 0.1) is 12.1 Å². The first-order valence-corrected chi connectivity index (χ1v) is 7.89. The van der Waals surface area contributed by atoms with Gasteiger partial charge in [-0.15, -0.1) is 11.6 Å². The molecule has 1 aliphatic carbocycles. The van der Waals surface area contributed by atoms with Crippen molar-refractivity contribution in [2.45, 2.75) is 19.4 Å². The Hall–Kier alpha value is -1.13. The first kappa shape index (κ1) is 16.2. The van der Waals surface area contributed by atoms with Crippen LogP contribution < -0.4 is 0 Å². The van der Waals surface area contributed by atoms with Crippen molar-refractivity contribution in [3.8, 4) is 0 Å².